The minimum Gasteiger partial charge on any atom is -0.388 e. The quantitative estimate of drug-likeness (QED) is 0.602. The van der Waals surface area contributed by atoms with E-state index in [2.05, 4.69) is 4.84 Å². The average Bonchev–Trinajstić information content (AvgIpc) is 3.10. The van der Waals surface area contributed by atoms with Crippen molar-refractivity contribution in [2.75, 3.05) is 19.8 Å². The van der Waals surface area contributed by atoms with Crippen LogP contribution >= 0.6 is 0 Å². The van der Waals surface area contributed by atoms with Crippen molar-refractivity contribution in [1.82, 2.24) is 5.06 Å². The average molecular weight is 301 g/mol. The molecule has 9 nitrogen and oxygen atoms in total. The van der Waals surface area contributed by atoms with E-state index in [9.17, 15) is 19.5 Å². The second-order valence-electron chi connectivity index (χ2n) is 5.06. The van der Waals surface area contributed by atoms with E-state index in [0.717, 1.165) is 0 Å². The van der Waals surface area contributed by atoms with Crippen LogP contribution in [0.15, 0.2) is 0 Å². The monoisotopic (exact) mass is 301 g/mol. The number of fused-ring (bicyclic) bond motifs is 1. The van der Waals surface area contributed by atoms with Crippen LogP contribution in [0.25, 0.3) is 0 Å². The SMILES string of the molecule is O=C(CO[C@H]1CO[C@H]2[C@@H]1OC[C@H]2O)ON1C(=O)CCC1=O. The summed E-state index contributed by atoms with van der Waals surface area (Å²) < 4.78 is 16.0. The molecule has 3 aliphatic heterocycles. The third-order valence-electron chi connectivity index (χ3n) is 3.60. The molecule has 9 heteroatoms. The number of ether oxygens (including phenoxy) is 3. The van der Waals surface area contributed by atoms with Crippen molar-refractivity contribution in [3.63, 3.8) is 0 Å². The minimum absolute atomic E-state index is 0.0406. The van der Waals surface area contributed by atoms with Crippen LogP contribution in [0, 0.1) is 0 Å². The lowest BCUT2D eigenvalue weighted by molar-refractivity contribution is -0.202. The molecule has 0 radical (unpaired) electrons. The van der Waals surface area contributed by atoms with Gasteiger partial charge in [0.05, 0.1) is 13.2 Å². The summed E-state index contributed by atoms with van der Waals surface area (Å²) in [5.41, 5.74) is 0. The topological polar surface area (TPSA) is 112 Å². The summed E-state index contributed by atoms with van der Waals surface area (Å²) in [6.45, 7) is -0.0779. The lowest BCUT2D eigenvalue weighted by Crippen LogP contribution is -2.36. The normalized spacial score (nSPS) is 35.4. The summed E-state index contributed by atoms with van der Waals surface area (Å²) in [5.74, 6) is -1.93. The highest BCUT2D eigenvalue weighted by atomic mass is 16.7. The Morgan fingerprint density at radius 2 is 1.86 bits per heavy atom. The molecule has 0 aliphatic carbocycles. The van der Waals surface area contributed by atoms with Crippen LogP contribution in [0.2, 0.25) is 0 Å². The van der Waals surface area contributed by atoms with Gasteiger partial charge in [0.1, 0.15) is 31.0 Å². The predicted molar refractivity (Wildman–Crippen MR) is 62.4 cm³/mol. The van der Waals surface area contributed by atoms with Crippen molar-refractivity contribution >= 4 is 17.8 Å². The number of nitrogens with zero attached hydrogens (tertiary/aromatic N) is 1. The molecule has 3 aliphatic rings. The van der Waals surface area contributed by atoms with Gasteiger partial charge in [-0.2, -0.15) is 0 Å². The van der Waals surface area contributed by atoms with Crippen molar-refractivity contribution < 1.29 is 38.5 Å². The first-order chi connectivity index (χ1) is 10.1. The maximum Gasteiger partial charge on any atom is 0.358 e. The van der Waals surface area contributed by atoms with Gasteiger partial charge in [0.25, 0.3) is 11.8 Å². The third kappa shape index (κ3) is 2.77. The maximum absolute atomic E-state index is 11.6. The summed E-state index contributed by atoms with van der Waals surface area (Å²) in [7, 11) is 0. The van der Waals surface area contributed by atoms with Gasteiger partial charge in [-0.1, -0.05) is 0 Å². The van der Waals surface area contributed by atoms with E-state index in [0.29, 0.717) is 5.06 Å². The Balaban J connectivity index is 1.46. The lowest BCUT2D eigenvalue weighted by Gasteiger charge is -2.17. The van der Waals surface area contributed by atoms with E-state index < -0.39 is 48.8 Å². The first kappa shape index (κ1) is 14.4. The molecular weight excluding hydrogens is 286 g/mol. The Morgan fingerprint density at radius 3 is 2.57 bits per heavy atom. The first-order valence-electron chi connectivity index (χ1n) is 6.65. The number of carbonyl (C=O) groups is 3. The molecule has 0 bridgehead atoms. The van der Waals surface area contributed by atoms with Gasteiger partial charge < -0.3 is 24.2 Å². The number of aliphatic hydroxyl groups excluding tert-OH is 1. The van der Waals surface area contributed by atoms with Crippen LogP contribution in [0.1, 0.15) is 12.8 Å². The zero-order valence-electron chi connectivity index (χ0n) is 11.1. The van der Waals surface area contributed by atoms with Crippen molar-refractivity contribution in [2.45, 2.75) is 37.3 Å². The largest absolute Gasteiger partial charge is 0.388 e. The number of hydrogen-bond donors (Lipinski definition) is 1. The summed E-state index contributed by atoms with van der Waals surface area (Å²) in [6, 6.07) is 0. The molecule has 0 spiro atoms. The van der Waals surface area contributed by atoms with E-state index in [1.807, 2.05) is 0 Å². The Kier molecular flexibility index (Phi) is 3.89. The fourth-order valence-corrected chi connectivity index (χ4v) is 2.55. The molecular formula is C12H15NO8. The highest BCUT2D eigenvalue weighted by Gasteiger charge is 2.48. The molecule has 0 aromatic carbocycles. The Morgan fingerprint density at radius 1 is 1.19 bits per heavy atom. The summed E-state index contributed by atoms with van der Waals surface area (Å²) in [4.78, 5) is 38.8. The van der Waals surface area contributed by atoms with Gasteiger partial charge in [0.2, 0.25) is 0 Å². The fourth-order valence-electron chi connectivity index (χ4n) is 2.55. The highest BCUT2D eigenvalue weighted by Crippen LogP contribution is 2.28. The molecule has 0 aromatic heterocycles. The van der Waals surface area contributed by atoms with E-state index in [1.54, 1.807) is 0 Å². The van der Waals surface area contributed by atoms with Gasteiger partial charge in [-0.3, -0.25) is 9.59 Å². The van der Waals surface area contributed by atoms with Crippen molar-refractivity contribution in [1.29, 1.82) is 0 Å². The number of carbonyl (C=O) groups excluding carboxylic acids is 3. The number of rotatable bonds is 4. The van der Waals surface area contributed by atoms with Crippen LogP contribution in [-0.2, 0) is 33.4 Å². The second-order valence-corrected chi connectivity index (χ2v) is 5.06. The van der Waals surface area contributed by atoms with Gasteiger partial charge in [-0.25, -0.2) is 4.79 Å². The number of aliphatic hydroxyl groups is 1. The molecule has 3 rings (SSSR count). The van der Waals surface area contributed by atoms with E-state index in [1.165, 1.54) is 0 Å². The smallest absolute Gasteiger partial charge is 0.358 e. The molecule has 0 unspecified atom stereocenters. The summed E-state index contributed by atoms with van der Waals surface area (Å²) >= 11 is 0. The van der Waals surface area contributed by atoms with Crippen LogP contribution < -0.4 is 0 Å². The molecule has 4 atom stereocenters. The van der Waals surface area contributed by atoms with Gasteiger partial charge in [0.15, 0.2) is 0 Å². The molecule has 3 saturated heterocycles. The molecule has 1 N–H and O–H groups in total. The van der Waals surface area contributed by atoms with Crippen molar-refractivity contribution in [3.05, 3.63) is 0 Å². The first-order valence-corrected chi connectivity index (χ1v) is 6.65. The number of hydrogen-bond acceptors (Lipinski definition) is 8. The van der Waals surface area contributed by atoms with Crippen molar-refractivity contribution in [3.8, 4) is 0 Å². The van der Waals surface area contributed by atoms with Gasteiger partial charge in [-0.05, 0) is 0 Å². The van der Waals surface area contributed by atoms with Crippen LogP contribution in [0.4, 0.5) is 0 Å². The molecule has 3 heterocycles. The summed E-state index contributed by atoms with van der Waals surface area (Å²) in [5, 5.41) is 10.0. The van der Waals surface area contributed by atoms with Gasteiger partial charge in [-0.15, -0.1) is 5.06 Å². The van der Waals surface area contributed by atoms with Gasteiger partial charge >= 0.3 is 5.97 Å². The van der Waals surface area contributed by atoms with Crippen molar-refractivity contribution in [2.24, 2.45) is 0 Å². The molecule has 0 aromatic rings. The van der Waals surface area contributed by atoms with Gasteiger partial charge in [0, 0.05) is 12.8 Å². The van der Waals surface area contributed by atoms with Crippen LogP contribution in [0.5, 0.6) is 0 Å². The van der Waals surface area contributed by atoms with Crippen LogP contribution in [-0.4, -0.2) is 72.2 Å². The van der Waals surface area contributed by atoms with E-state index in [-0.39, 0.29) is 26.1 Å². The predicted octanol–water partition coefficient (Wildman–Crippen LogP) is -1.86. The Hall–Kier alpha value is -1.55. The minimum atomic E-state index is -0.847. The molecule has 116 valence electrons. The number of hydroxylamine groups is 2. The van der Waals surface area contributed by atoms with E-state index >= 15 is 0 Å². The summed E-state index contributed by atoms with van der Waals surface area (Å²) in [6.07, 6.45) is -1.99. The Labute approximate surface area is 119 Å². The maximum atomic E-state index is 11.6. The zero-order valence-corrected chi connectivity index (χ0v) is 11.1. The Bertz CT molecular complexity index is 450. The third-order valence-corrected chi connectivity index (χ3v) is 3.60. The standard InChI is InChI=1S/C12H15NO8/c14-6-3-19-12-7(4-20-11(6)12)18-5-10(17)21-13-8(15)1-2-9(13)16/h6-7,11-12,14H,1-5H2/t6-,7+,11-,12-/m1/s1. The number of imide groups is 1. The number of amides is 2. The molecule has 0 saturated carbocycles. The second kappa shape index (κ2) is 5.68. The van der Waals surface area contributed by atoms with E-state index in [4.69, 9.17) is 14.2 Å². The lowest BCUT2D eigenvalue weighted by atomic mass is 10.1. The molecule has 2 amide bonds. The molecule has 21 heavy (non-hydrogen) atoms. The zero-order chi connectivity index (χ0) is 15.0. The fraction of sp³-hybridized carbons (Fsp3) is 0.750. The molecule has 3 fully saturated rings. The highest BCUT2D eigenvalue weighted by molar-refractivity contribution is 6.01. The van der Waals surface area contributed by atoms with Crippen LogP contribution in [0.3, 0.4) is 0 Å².